The molecule has 0 aliphatic carbocycles. The van der Waals surface area contributed by atoms with Crippen molar-refractivity contribution in [2.45, 2.75) is 19.4 Å². The number of benzene rings is 1. The number of halogens is 1. The second-order valence-corrected chi connectivity index (χ2v) is 6.92. The first-order valence-electron chi connectivity index (χ1n) is 6.27. The Morgan fingerprint density at radius 1 is 1.32 bits per heavy atom. The zero-order chi connectivity index (χ0) is 14.3. The van der Waals surface area contributed by atoms with Crippen LogP contribution in [0.2, 0.25) is 0 Å². The number of anilines is 1. The summed E-state index contributed by atoms with van der Waals surface area (Å²) in [6.07, 6.45) is 2.07. The van der Waals surface area contributed by atoms with E-state index in [1.165, 1.54) is 18.4 Å². The van der Waals surface area contributed by atoms with Gasteiger partial charge in [0.15, 0.2) is 0 Å². The third-order valence-electron chi connectivity index (χ3n) is 2.55. The van der Waals surface area contributed by atoms with Gasteiger partial charge >= 0.3 is 0 Å². The van der Waals surface area contributed by atoms with E-state index >= 15 is 0 Å². The molecule has 2 N–H and O–H groups in total. The molecule has 4 nitrogen and oxygen atoms in total. The lowest BCUT2D eigenvalue weighted by Crippen LogP contribution is -2.33. The summed E-state index contributed by atoms with van der Waals surface area (Å²) in [6, 6.07) is 6.26. The van der Waals surface area contributed by atoms with Gasteiger partial charge in [0.25, 0.3) is 0 Å². The molecule has 0 fully saturated rings. The fraction of sp³-hybridized carbons (Fsp3) is 0.538. The highest BCUT2D eigenvalue weighted by molar-refractivity contribution is 7.90. The van der Waals surface area contributed by atoms with Crippen molar-refractivity contribution in [2.75, 3.05) is 30.4 Å². The van der Waals surface area contributed by atoms with E-state index < -0.39 is 9.84 Å². The summed E-state index contributed by atoms with van der Waals surface area (Å²) in [5.41, 5.74) is 0.754. The molecule has 0 amide bonds. The Morgan fingerprint density at radius 3 is 2.68 bits per heavy atom. The zero-order valence-corrected chi connectivity index (χ0v) is 12.1. The summed E-state index contributed by atoms with van der Waals surface area (Å²) < 4.78 is 35.0. The number of nitrogens with one attached hydrogen (secondary N) is 2. The molecule has 1 atom stereocenters. The van der Waals surface area contributed by atoms with Crippen LogP contribution in [0.3, 0.4) is 0 Å². The van der Waals surface area contributed by atoms with Gasteiger partial charge in [0.05, 0.1) is 5.75 Å². The van der Waals surface area contributed by atoms with Gasteiger partial charge in [-0.05, 0) is 38.1 Å². The number of hydrogen-bond acceptors (Lipinski definition) is 4. The molecule has 1 aromatic carbocycles. The Bertz CT molecular complexity index is 491. The number of hydrogen-bond donors (Lipinski definition) is 2. The van der Waals surface area contributed by atoms with Crippen molar-refractivity contribution in [2.24, 2.45) is 0 Å². The molecule has 0 radical (unpaired) electrons. The van der Waals surface area contributed by atoms with E-state index in [4.69, 9.17) is 0 Å². The number of rotatable bonds is 8. The lowest BCUT2D eigenvalue weighted by molar-refractivity contribution is 0.555. The Morgan fingerprint density at radius 2 is 2.05 bits per heavy atom. The fourth-order valence-electron chi connectivity index (χ4n) is 1.78. The molecule has 0 heterocycles. The SMILES string of the molecule is CC(CS(C)(=O)=O)NCCCNc1cccc(F)c1. The molecule has 19 heavy (non-hydrogen) atoms. The predicted molar refractivity (Wildman–Crippen MR) is 76.7 cm³/mol. The molecule has 1 unspecified atom stereocenters. The van der Waals surface area contributed by atoms with E-state index in [1.807, 2.05) is 13.0 Å². The summed E-state index contributed by atoms with van der Waals surface area (Å²) in [4.78, 5) is 0. The minimum atomic E-state index is -2.93. The quantitative estimate of drug-likeness (QED) is 0.714. The van der Waals surface area contributed by atoms with Gasteiger partial charge in [0.1, 0.15) is 15.7 Å². The lowest BCUT2D eigenvalue weighted by atomic mass is 10.3. The van der Waals surface area contributed by atoms with Crippen LogP contribution in [-0.2, 0) is 9.84 Å². The molecule has 0 bridgehead atoms. The average Bonchev–Trinajstić information content (AvgIpc) is 2.26. The fourth-order valence-corrected chi connectivity index (χ4v) is 2.81. The van der Waals surface area contributed by atoms with E-state index in [-0.39, 0.29) is 17.6 Å². The topological polar surface area (TPSA) is 58.2 Å². The van der Waals surface area contributed by atoms with Crippen LogP contribution >= 0.6 is 0 Å². The molecule has 0 aliphatic heterocycles. The van der Waals surface area contributed by atoms with Crippen LogP contribution in [0.4, 0.5) is 10.1 Å². The third-order valence-corrected chi connectivity index (χ3v) is 3.66. The van der Waals surface area contributed by atoms with Gasteiger partial charge in [0, 0.05) is 24.5 Å². The molecule has 0 aromatic heterocycles. The Labute approximate surface area is 114 Å². The van der Waals surface area contributed by atoms with Gasteiger partial charge in [-0.3, -0.25) is 0 Å². The van der Waals surface area contributed by atoms with Crippen molar-refractivity contribution in [1.82, 2.24) is 5.32 Å². The van der Waals surface area contributed by atoms with Crippen LogP contribution in [0.1, 0.15) is 13.3 Å². The maximum absolute atomic E-state index is 12.9. The van der Waals surface area contributed by atoms with Crippen LogP contribution in [0.5, 0.6) is 0 Å². The second-order valence-electron chi connectivity index (χ2n) is 4.74. The van der Waals surface area contributed by atoms with E-state index in [9.17, 15) is 12.8 Å². The van der Waals surface area contributed by atoms with Gasteiger partial charge in [-0.2, -0.15) is 0 Å². The molecular weight excluding hydrogens is 267 g/mol. The summed E-state index contributed by atoms with van der Waals surface area (Å²) in [5.74, 6) is -0.116. The lowest BCUT2D eigenvalue weighted by Gasteiger charge is -2.13. The second kappa shape index (κ2) is 7.45. The molecular formula is C13H21FN2O2S. The average molecular weight is 288 g/mol. The first-order chi connectivity index (χ1) is 8.87. The van der Waals surface area contributed by atoms with Crippen molar-refractivity contribution in [1.29, 1.82) is 0 Å². The molecule has 0 saturated heterocycles. The highest BCUT2D eigenvalue weighted by Crippen LogP contribution is 2.08. The molecule has 0 spiro atoms. The highest BCUT2D eigenvalue weighted by Gasteiger charge is 2.08. The van der Waals surface area contributed by atoms with Crippen molar-refractivity contribution < 1.29 is 12.8 Å². The summed E-state index contributed by atoms with van der Waals surface area (Å²) in [7, 11) is -2.93. The standard InChI is InChI=1S/C13H21FN2O2S/c1-11(10-19(2,17)18)15-7-4-8-16-13-6-3-5-12(14)9-13/h3,5-6,9,11,15-16H,4,7-8,10H2,1-2H3. The van der Waals surface area contributed by atoms with Gasteiger partial charge in [-0.25, -0.2) is 12.8 Å². The van der Waals surface area contributed by atoms with Crippen LogP contribution < -0.4 is 10.6 Å². The van der Waals surface area contributed by atoms with Crippen LogP contribution in [0, 0.1) is 5.82 Å². The molecule has 0 saturated carbocycles. The maximum Gasteiger partial charge on any atom is 0.148 e. The molecule has 1 aromatic rings. The predicted octanol–water partition coefficient (Wildman–Crippen LogP) is 1.65. The maximum atomic E-state index is 12.9. The molecule has 108 valence electrons. The Hall–Kier alpha value is -1.14. The van der Waals surface area contributed by atoms with Crippen LogP contribution in [-0.4, -0.2) is 39.6 Å². The first-order valence-corrected chi connectivity index (χ1v) is 8.33. The van der Waals surface area contributed by atoms with Crippen molar-refractivity contribution in [3.05, 3.63) is 30.1 Å². The molecule has 0 aliphatic rings. The third kappa shape index (κ3) is 7.79. The Kier molecular flexibility index (Phi) is 6.24. The van der Waals surface area contributed by atoms with Gasteiger partial charge in [-0.15, -0.1) is 0 Å². The molecule has 1 rings (SSSR count). The summed E-state index contributed by atoms with van der Waals surface area (Å²) >= 11 is 0. The first kappa shape index (κ1) is 15.9. The van der Waals surface area contributed by atoms with E-state index in [2.05, 4.69) is 10.6 Å². The Balaban J connectivity index is 2.15. The van der Waals surface area contributed by atoms with E-state index in [0.717, 1.165) is 18.7 Å². The number of sulfone groups is 1. The van der Waals surface area contributed by atoms with Crippen molar-refractivity contribution in [3.63, 3.8) is 0 Å². The summed E-state index contributed by atoms with van der Waals surface area (Å²) in [6.45, 7) is 3.28. The van der Waals surface area contributed by atoms with Gasteiger partial charge in [-0.1, -0.05) is 6.07 Å². The van der Waals surface area contributed by atoms with Gasteiger partial charge in [0.2, 0.25) is 0 Å². The minimum absolute atomic E-state index is 0.0517. The monoisotopic (exact) mass is 288 g/mol. The van der Waals surface area contributed by atoms with Crippen molar-refractivity contribution >= 4 is 15.5 Å². The highest BCUT2D eigenvalue weighted by atomic mass is 32.2. The smallest absolute Gasteiger partial charge is 0.148 e. The zero-order valence-electron chi connectivity index (χ0n) is 11.3. The summed E-state index contributed by atoms with van der Waals surface area (Å²) in [5, 5.41) is 6.25. The van der Waals surface area contributed by atoms with E-state index in [0.29, 0.717) is 6.54 Å². The normalized spacial score (nSPS) is 13.2. The minimum Gasteiger partial charge on any atom is -0.385 e. The van der Waals surface area contributed by atoms with Crippen LogP contribution in [0.25, 0.3) is 0 Å². The molecule has 6 heteroatoms. The van der Waals surface area contributed by atoms with E-state index in [1.54, 1.807) is 6.07 Å². The van der Waals surface area contributed by atoms with Gasteiger partial charge < -0.3 is 10.6 Å². The van der Waals surface area contributed by atoms with Crippen LogP contribution in [0.15, 0.2) is 24.3 Å². The van der Waals surface area contributed by atoms with Crippen molar-refractivity contribution in [3.8, 4) is 0 Å². The largest absolute Gasteiger partial charge is 0.385 e.